The number of rotatable bonds is 5. The third kappa shape index (κ3) is 5.52. The number of fused-ring (bicyclic) bond motifs is 7. The molecular weight excluding hydrogens is 749 g/mol. The summed E-state index contributed by atoms with van der Waals surface area (Å²) < 4.78 is 0. The Balaban J connectivity index is 1.19. The van der Waals surface area contributed by atoms with Crippen LogP contribution in [0.2, 0.25) is 0 Å². The lowest BCUT2D eigenvalue weighted by Gasteiger charge is -2.50. The fourth-order valence-electron chi connectivity index (χ4n) is 11.9. The van der Waals surface area contributed by atoms with Gasteiger partial charge in [-0.15, -0.1) is 0 Å². The maximum atomic E-state index is 2.79. The highest BCUT2D eigenvalue weighted by Crippen LogP contribution is 2.60. The van der Waals surface area contributed by atoms with Crippen LogP contribution >= 0.6 is 0 Å². The van der Waals surface area contributed by atoms with Crippen LogP contribution in [-0.4, -0.2) is 12.3 Å². The van der Waals surface area contributed by atoms with Crippen molar-refractivity contribution in [1.82, 2.24) is 0 Å². The van der Waals surface area contributed by atoms with Crippen molar-refractivity contribution in [3.63, 3.8) is 0 Å². The van der Waals surface area contributed by atoms with Crippen LogP contribution in [-0.2, 0) is 5.41 Å². The van der Waals surface area contributed by atoms with Gasteiger partial charge in [0.15, 0.2) is 0 Å². The van der Waals surface area contributed by atoms with Crippen molar-refractivity contribution in [1.29, 1.82) is 0 Å². The number of para-hydroxylation sites is 3. The molecule has 62 heavy (non-hydrogen) atoms. The molecule has 3 nitrogen and oxygen atoms in total. The van der Waals surface area contributed by atoms with E-state index in [4.69, 9.17) is 0 Å². The molecule has 0 spiro atoms. The molecule has 8 aromatic rings. The summed E-state index contributed by atoms with van der Waals surface area (Å²) in [6.45, 7) is 5.19. The summed E-state index contributed by atoms with van der Waals surface area (Å²) in [6, 6.07) is 72.8. The summed E-state index contributed by atoms with van der Waals surface area (Å²) >= 11 is 0. The maximum Gasteiger partial charge on any atom is 0.252 e. The highest BCUT2D eigenvalue weighted by atomic mass is 15.3. The van der Waals surface area contributed by atoms with Gasteiger partial charge in [0.1, 0.15) is 0 Å². The van der Waals surface area contributed by atoms with Crippen molar-refractivity contribution in [2.45, 2.75) is 63.3 Å². The minimum Gasteiger partial charge on any atom is -0.334 e. The summed E-state index contributed by atoms with van der Waals surface area (Å²) in [4.78, 5) is 7.95. The van der Waals surface area contributed by atoms with E-state index in [1.54, 1.807) is 0 Å². The molecule has 0 radical (unpaired) electrons. The van der Waals surface area contributed by atoms with Gasteiger partial charge in [-0.25, -0.2) is 0 Å². The molecule has 4 heteroatoms. The first kappa shape index (κ1) is 37.0. The molecule has 3 aliphatic heterocycles. The second-order valence-corrected chi connectivity index (χ2v) is 18.3. The van der Waals surface area contributed by atoms with Crippen LogP contribution in [0.3, 0.4) is 0 Å². The van der Waals surface area contributed by atoms with Crippen molar-refractivity contribution in [2.24, 2.45) is 0 Å². The van der Waals surface area contributed by atoms with Gasteiger partial charge in [-0.1, -0.05) is 172 Å². The zero-order valence-corrected chi connectivity index (χ0v) is 35.6. The topological polar surface area (TPSA) is 9.72 Å². The van der Waals surface area contributed by atoms with Crippen molar-refractivity contribution in [3.8, 4) is 22.3 Å². The molecule has 1 aliphatic carbocycles. The van der Waals surface area contributed by atoms with Gasteiger partial charge in [0.25, 0.3) is 6.71 Å². The third-order valence-electron chi connectivity index (χ3n) is 15.1. The van der Waals surface area contributed by atoms with E-state index in [0.29, 0.717) is 0 Å². The Hall–Kier alpha value is -6.78. The van der Waals surface area contributed by atoms with Gasteiger partial charge in [0, 0.05) is 50.9 Å². The molecule has 2 unspecified atom stereocenters. The predicted octanol–water partition coefficient (Wildman–Crippen LogP) is 13.6. The molecule has 0 amide bonds. The Bertz CT molecular complexity index is 2980. The summed E-state index contributed by atoms with van der Waals surface area (Å²) in [7, 11) is 0. The molecule has 0 bridgehead atoms. The second kappa shape index (κ2) is 14.4. The van der Waals surface area contributed by atoms with E-state index >= 15 is 0 Å². The van der Waals surface area contributed by atoms with Gasteiger partial charge < -0.3 is 14.7 Å². The second-order valence-electron chi connectivity index (χ2n) is 18.3. The van der Waals surface area contributed by atoms with Gasteiger partial charge in [-0.05, 0) is 119 Å². The minimum absolute atomic E-state index is 0.00624. The van der Waals surface area contributed by atoms with E-state index in [1.807, 2.05) is 0 Å². The van der Waals surface area contributed by atoms with Crippen LogP contribution in [0.4, 0.5) is 45.5 Å². The van der Waals surface area contributed by atoms with E-state index in [-0.39, 0.29) is 17.7 Å². The van der Waals surface area contributed by atoms with E-state index in [1.165, 1.54) is 116 Å². The van der Waals surface area contributed by atoms with E-state index in [9.17, 15) is 0 Å². The SMILES string of the molecule is CC12CCCCCCC1(C)N(c1cc3c4c(c1)N(c1cccc(-c5ccccc5)c1)c1cc(-c5ccccc5)ccc1B4c1ccccc1N3c1ccccc1)c1ccccc12. The lowest BCUT2D eigenvalue weighted by molar-refractivity contribution is 0.218. The lowest BCUT2D eigenvalue weighted by atomic mass is 9.33. The van der Waals surface area contributed by atoms with Crippen LogP contribution in [0.1, 0.15) is 57.9 Å². The molecule has 12 rings (SSSR count). The first-order valence-electron chi connectivity index (χ1n) is 22.7. The Morgan fingerprint density at radius 3 is 1.66 bits per heavy atom. The number of nitrogens with zero attached hydrogens (tertiary/aromatic N) is 3. The summed E-state index contributed by atoms with van der Waals surface area (Å²) in [5, 5.41) is 0. The number of anilines is 8. The monoisotopic (exact) mass is 799 g/mol. The molecule has 3 heterocycles. The smallest absolute Gasteiger partial charge is 0.252 e. The Kier molecular flexibility index (Phi) is 8.61. The normalized spacial score (nSPS) is 19.7. The molecule has 300 valence electrons. The summed E-state index contributed by atoms with van der Waals surface area (Å²) in [5.41, 5.74) is 20.1. The molecule has 2 atom stereocenters. The Morgan fingerprint density at radius 1 is 0.387 bits per heavy atom. The largest absolute Gasteiger partial charge is 0.334 e. The highest BCUT2D eigenvalue weighted by Gasteiger charge is 2.57. The van der Waals surface area contributed by atoms with Crippen LogP contribution in [0.5, 0.6) is 0 Å². The van der Waals surface area contributed by atoms with Crippen LogP contribution < -0.4 is 31.1 Å². The highest BCUT2D eigenvalue weighted by molar-refractivity contribution is 7.00. The van der Waals surface area contributed by atoms with E-state index in [0.717, 1.165) is 12.1 Å². The molecule has 1 fully saturated rings. The van der Waals surface area contributed by atoms with Gasteiger partial charge in [0.05, 0.1) is 5.54 Å². The fourth-order valence-corrected chi connectivity index (χ4v) is 11.9. The van der Waals surface area contributed by atoms with Crippen LogP contribution in [0.25, 0.3) is 22.3 Å². The molecular formula is C58H50BN3. The fraction of sp³-hybridized carbons (Fsp3) is 0.172. The molecule has 4 aliphatic rings. The van der Waals surface area contributed by atoms with Gasteiger partial charge in [0.2, 0.25) is 0 Å². The average molecular weight is 800 g/mol. The molecule has 0 N–H and O–H groups in total. The Labute approximate surface area is 367 Å². The quantitative estimate of drug-likeness (QED) is 0.161. The first-order chi connectivity index (χ1) is 30.5. The number of benzene rings is 8. The molecule has 1 saturated carbocycles. The zero-order valence-electron chi connectivity index (χ0n) is 35.6. The zero-order chi connectivity index (χ0) is 41.4. The summed E-state index contributed by atoms with van der Waals surface area (Å²) in [5.74, 6) is 0. The molecule has 8 aromatic carbocycles. The van der Waals surface area contributed by atoms with Crippen molar-refractivity contribution < 1.29 is 0 Å². The number of hydrogen-bond acceptors (Lipinski definition) is 3. The van der Waals surface area contributed by atoms with Crippen LogP contribution in [0, 0.1) is 0 Å². The van der Waals surface area contributed by atoms with E-state index < -0.39 is 0 Å². The molecule has 0 saturated heterocycles. The average Bonchev–Trinajstić information content (AvgIpc) is 3.51. The van der Waals surface area contributed by atoms with E-state index in [2.05, 4.69) is 223 Å². The van der Waals surface area contributed by atoms with Crippen molar-refractivity contribution >= 4 is 68.6 Å². The summed E-state index contributed by atoms with van der Waals surface area (Å²) in [6.07, 6.45) is 7.42. The lowest BCUT2D eigenvalue weighted by Crippen LogP contribution is -2.61. The first-order valence-corrected chi connectivity index (χ1v) is 22.7. The third-order valence-corrected chi connectivity index (χ3v) is 15.1. The van der Waals surface area contributed by atoms with Crippen LogP contribution in [0.15, 0.2) is 194 Å². The van der Waals surface area contributed by atoms with Gasteiger partial charge in [-0.3, -0.25) is 0 Å². The van der Waals surface area contributed by atoms with Crippen molar-refractivity contribution in [2.75, 3.05) is 14.7 Å². The molecule has 0 aromatic heterocycles. The van der Waals surface area contributed by atoms with Gasteiger partial charge >= 0.3 is 0 Å². The van der Waals surface area contributed by atoms with Crippen molar-refractivity contribution in [3.05, 3.63) is 200 Å². The van der Waals surface area contributed by atoms with Gasteiger partial charge in [-0.2, -0.15) is 0 Å². The standard InChI is InChI=1S/C58H50BN3/c1-57-35-18-3-4-19-36-58(57,2)62(51-31-16-14-29-48(51)57)47-39-54-56-55(40-47)61(46-28-20-25-43(37-46)41-21-8-5-9-22-41)53-38-44(42-23-10-6-11-24-42)33-34-50(53)59(56)49-30-15-17-32-52(49)60(54)45-26-12-7-13-27-45/h5-17,20-34,37-40H,3-4,18-19,35-36H2,1-2H3. The predicted molar refractivity (Wildman–Crippen MR) is 263 cm³/mol. The maximum absolute atomic E-state index is 2.79. The minimum atomic E-state index is -0.118. The Morgan fingerprint density at radius 2 is 0.935 bits per heavy atom. The number of hydrogen-bond donors (Lipinski definition) is 0.